The number of aromatic nitrogens is 1. The Kier molecular flexibility index (Phi) is 8.81. The predicted octanol–water partition coefficient (Wildman–Crippen LogP) is 2.38. The molecule has 0 aliphatic rings. The Bertz CT molecular complexity index is 382. The van der Waals surface area contributed by atoms with Crippen molar-refractivity contribution in [2.75, 3.05) is 0 Å². The van der Waals surface area contributed by atoms with Crippen molar-refractivity contribution in [3.05, 3.63) is 16.1 Å². The van der Waals surface area contributed by atoms with Crippen molar-refractivity contribution in [2.24, 2.45) is 5.73 Å². The van der Waals surface area contributed by atoms with E-state index in [-0.39, 0.29) is 30.7 Å². The zero-order chi connectivity index (χ0) is 12.3. The summed E-state index contributed by atoms with van der Waals surface area (Å²) >= 11 is 1.59. The molecule has 0 bridgehead atoms. The van der Waals surface area contributed by atoms with Crippen molar-refractivity contribution in [3.8, 4) is 0 Å². The topological polar surface area (TPSA) is 68.0 Å². The summed E-state index contributed by atoms with van der Waals surface area (Å²) in [5.74, 6) is -0.125. The number of halogens is 2. The van der Waals surface area contributed by atoms with E-state index in [9.17, 15) is 4.79 Å². The molecule has 18 heavy (non-hydrogen) atoms. The van der Waals surface area contributed by atoms with Crippen LogP contribution >= 0.6 is 36.2 Å². The minimum atomic E-state index is -0.456. The molecule has 0 saturated carbocycles. The van der Waals surface area contributed by atoms with Crippen molar-refractivity contribution in [1.82, 2.24) is 10.3 Å². The number of nitrogens with two attached hydrogens (primary N) is 1. The molecule has 0 aromatic carbocycles. The van der Waals surface area contributed by atoms with Crippen molar-refractivity contribution in [1.29, 1.82) is 0 Å². The van der Waals surface area contributed by atoms with E-state index in [4.69, 9.17) is 5.73 Å². The van der Waals surface area contributed by atoms with Crippen LogP contribution in [0, 0.1) is 6.92 Å². The van der Waals surface area contributed by atoms with Gasteiger partial charge in [0.2, 0.25) is 5.91 Å². The summed E-state index contributed by atoms with van der Waals surface area (Å²) in [5.41, 5.74) is 5.22. The van der Waals surface area contributed by atoms with Crippen LogP contribution in [0.15, 0.2) is 6.20 Å². The minimum absolute atomic E-state index is 0. The number of rotatable bonds is 4. The van der Waals surface area contributed by atoms with Gasteiger partial charge in [-0.15, -0.1) is 36.2 Å². The number of nitrogens with one attached hydrogen (secondary N) is 1. The van der Waals surface area contributed by atoms with E-state index in [1.54, 1.807) is 11.3 Å². The standard InChI is InChI=1S/C11H19N3OS.2ClH/c1-5-8(12)9(15)14-11(3,4)10-13-6-7(2)16-10;;/h6,8H,5,12H2,1-4H3,(H,14,15);2*1H/t8-;;/m0../s1. The van der Waals surface area contributed by atoms with Crippen molar-refractivity contribution >= 4 is 42.1 Å². The number of thiazole rings is 1. The predicted molar refractivity (Wildman–Crippen MR) is 80.8 cm³/mol. The lowest BCUT2D eigenvalue weighted by molar-refractivity contribution is -0.124. The van der Waals surface area contributed by atoms with E-state index in [0.29, 0.717) is 6.42 Å². The SMILES string of the molecule is CC[C@H](N)C(=O)NC(C)(C)c1ncc(C)s1.Cl.Cl. The molecule has 7 heteroatoms. The summed E-state index contributed by atoms with van der Waals surface area (Å²) in [4.78, 5) is 17.1. The number of amides is 1. The smallest absolute Gasteiger partial charge is 0.237 e. The van der Waals surface area contributed by atoms with Gasteiger partial charge in [-0.2, -0.15) is 0 Å². The fourth-order valence-corrected chi connectivity index (χ4v) is 2.11. The molecule has 0 fully saturated rings. The fraction of sp³-hybridized carbons (Fsp3) is 0.636. The Morgan fingerprint density at radius 2 is 2.11 bits per heavy atom. The molecule has 106 valence electrons. The highest BCUT2D eigenvalue weighted by Crippen LogP contribution is 2.24. The maximum atomic E-state index is 11.7. The average Bonchev–Trinajstić information content (AvgIpc) is 2.63. The molecular weight excluding hydrogens is 293 g/mol. The Balaban J connectivity index is 0. The van der Waals surface area contributed by atoms with E-state index in [1.807, 2.05) is 33.9 Å². The molecule has 0 saturated heterocycles. The summed E-state index contributed by atoms with van der Waals surface area (Å²) in [6.45, 7) is 7.76. The molecule has 1 aromatic rings. The maximum absolute atomic E-state index is 11.7. The number of hydrogen-bond acceptors (Lipinski definition) is 4. The van der Waals surface area contributed by atoms with Crippen molar-refractivity contribution in [2.45, 2.75) is 45.7 Å². The van der Waals surface area contributed by atoms with Crippen LogP contribution in [-0.2, 0) is 10.3 Å². The van der Waals surface area contributed by atoms with Gasteiger partial charge in [-0.25, -0.2) is 4.98 Å². The van der Waals surface area contributed by atoms with E-state index in [1.165, 1.54) is 0 Å². The fourth-order valence-electron chi connectivity index (χ4n) is 1.28. The number of nitrogens with zero attached hydrogens (tertiary/aromatic N) is 1. The first-order chi connectivity index (χ1) is 7.36. The van der Waals surface area contributed by atoms with Gasteiger partial charge >= 0.3 is 0 Å². The second kappa shape index (κ2) is 7.94. The molecule has 4 nitrogen and oxygen atoms in total. The quantitative estimate of drug-likeness (QED) is 0.896. The first kappa shape index (κ1) is 20.0. The Morgan fingerprint density at radius 3 is 2.50 bits per heavy atom. The third-order valence-corrected chi connectivity index (χ3v) is 3.60. The third kappa shape index (κ3) is 5.10. The molecule has 1 rings (SSSR count). The van der Waals surface area contributed by atoms with Gasteiger partial charge in [0.05, 0.1) is 11.6 Å². The summed E-state index contributed by atoms with van der Waals surface area (Å²) < 4.78 is 0. The minimum Gasteiger partial charge on any atom is -0.343 e. The molecule has 0 unspecified atom stereocenters. The van der Waals surface area contributed by atoms with E-state index >= 15 is 0 Å². The normalized spacial score (nSPS) is 12.1. The first-order valence-electron chi connectivity index (χ1n) is 5.37. The van der Waals surface area contributed by atoms with Crippen LogP contribution in [0.2, 0.25) is 0 Å². The van der Waals surface area contributed by atoms with Gasteiger partial charge in [-0.1, -0.05) is 6.92 Å². The highest BCUT2D eigenvalue weighted by molar-refractivity contribution is 7.11. The van der Waals surface area contributed by atoms with Gasteiger partial charge < -0.3 is 11.1 Å². The van der Waals surface area contributed by atoms with Gasteiger partial charge in [0.1, 0.15) is 5.01 Å². The number of carbonyl (C=O) groups excluding carboxylic acids is 1. The molecule has 1 atom stereocenters. The van der Waals surface area contributed by atoms with E-state index in [0.717, 1.165) is 9.88 Å². The van der Waals surface area contributed by atoms with E-state index in [2.05, 4.69) is 10.3 Å². The molecule has 0 aliphatic carbocycles. The molecule has 3 N–H and O–H groups in total. The van der Waals surface area contributed by atoms with Crippen LogP contribution in [0.3, 0.4) is 0 Å². The molecule has 0 radical (unpaired) electrons. The molecule has 0 aliphatic heterocycles. The second-order valence-corrected chi connectivity index (χ2v) is 5.64. The average molecular weight is 314 g/mol. The molecule has 1 aromatic heterocycles. The highest BCUT2D eigenvalue weighted by Gasteiger charge is 2.27. The summed E-state index contributed by atoms with van der Waals surface area (Å²) in [5, 5.41) is 3.82. The molecular formula is C11H21Cl2N3OS. The zero-order valence-electron chi connectivity index (χ0n) is 11.0. The highest BCUT2D eigenvalue weighted by atomic mass is 35.5. The third-order valence-electron chi connectivity index (χ3n) is 2.37. The Labute approximate surface area is 125 Å². The lowest BCUT2D eigenvalue weighted by atomic mass is 10.1. The van der Waals surface area contributed by atoms with Gasteiger partial charge in [0, 0.05) is 11.1 Å². The van der Waals surface area contributed by atoms with Crippen LogP contribution in [0.25, 0.3) is 0 Å². The van der Waals surface area contributed by atoms with Crippen LogP contribution in [-0.4, -0.2) is 16.9 Å². The monoisotopic (exact) mass is 313 g/mol. The largest absolute Gasteiger partial charge is 0.343 e. The maximum Gasteiger partial charge on any atom is 0.237 e. The lowest BCUT2D eigenvalue weighted by Gasteiger charge is -2.25. The van der Waals surface area contributed by atoms with Crippen LogP contribution < -0.4 is 11.1 Å². The van der Waals surface area contributed by atoms with Gasteiger partial charge in [0.15, 0.2) is 0 Å². The van der Waals surface area contributed by atoms with Crippen LogP contribution in [0.5, 0.6) is 0 Å². The second-order valence-electron chi connectivity index (χ2n) is 4.41. The lowest BCUT2D eigenvalue weighted by Crippen LogP contribution is -2.48. The summed E-state index contributed by atoms with van der Waals surface area (Å²) in [6, 6.07) is -0.444. The van der Waals surface area contributed by atoms with Crippen LogP contribution in [0.4, 0.5) is 0 Å². The number of hydrogen-bond donors (Lipinski definition) is 2. The Hall–Kier alpha value is -0.360. The zero-order valence-corrected chi connectivity index (χ0v) is 13.5. The summed E-state index contributed by atoms with van der Waals surface area (Å²) in [7, 11) is 0. The Morgan fingerprint density at radius 1 is 1.56 bits per heavy atom. The van der Waals surface area contributed by atoms with Crippen LogP contribution in [0.1, 0.15) is 37.1 Å². The number of aryl methyl sites for hydroxylation is 1. The van der Waals surface area contributed by atoms with Gasteiger partial charge in [0.25, 0.3) is 0 Å². The van der Waals surface area contributed by atoms with E-state index < -0.39 is 11.6 Å². The van der Waals surface area contributed by atoms with Gasteiger partial charge in [-0.05, 0) is 27.2 Å². The molecule has 1 amide bonds. The molecule has 0 spiro atoms. The van der Waals surface area contributed by atoms with Crippen molar-refractivity contribution < 1.29 is 4.79 Å². The van der Waals surface area contributed by atoms with Gasteiger partial charge in [-0.3, -0.25) is 4.79 Å². The summed E-state index contributed by atoms with van der Waals surface area (Å²) in [6.07, 6.45) is 2.45. The number of carbonyl (C=O) groups is 1. The molecule has 1 heterocycles. The van der Waals surface area contributed by atoms with Crippen molar-refractivity contribution in [3.63, 3.8) is 0 Å². The first-order valence-corrected chi connectivity index (χ1v) is 6.19.